The summed E-state index contributed by atoms with van der Waals surface area (Å²) in [7, 11) is 0. The van der Waals surface area contributed by atoms with Crippen LogP contribution in [-0.2, 0) is 0 Å². The largest absolute Gasteiger partial charge is 0.398 e. The van der Waals surface area contributed by atoms with Crippen molar-refractivity contribution in [2.75, 3.05) is 18.8 Å². The first-order valence-electron chi connectivity index (χ1n) is 6.10. The molecule has 0 bridgehead atoms. The summed E-state index contributed by atoms with van der Waals surface area (Å²) in [4.78, 5) is 0. The van der Waals surface area contributed by atoms with Crippen molar-refractivity contribution in [1.29, 1.82) is 0 Å². The summed E-state index contributed by atoms with van der Waals surface area (Å²) in [5.74, 6) is 0.146. The van der Waals surface area contributed by atoms with Gasteiger partial charge < -0.3 is 16.2 Å². The van der Waals surface area contributed by atoms with Crippen molar-refractivity contribution in [2.24, 2.45) is 5.92 Å². The summed E-state index contributed by atoms with van der Waals surface area (Å²) in [5.41, 5.74) is 6.74. The standard InChI is InChI=1S/C13H19FN2O/c14-10-1-2-12(15)11(8-10)13(17)7-9-3-5-16-6-4-9/h1-2,8-9,13,16-17H,3-7,15H2. The second kappa shape index (κ2) is 5.47. The first-order valence-corrected chi connectivity index (χ1v) is 6.10. The molecular formula is C13H19FN2O. The number of hydrogen-bond acceptors (Lipinski definition) is 3. The minimum atomic E-state index is -0.659. The Morgan fingerprint density at radius 1 is 1.41 bits per heavy atom. The average molecular weight is 238 g/mol. The summed E-state index contributed by atoms with van der Waals surface area (Å²) < 4.78 is 13.1. The van der Waals surface area contributed by atoms with Crippen molar-refractivity contribution in [3.63, 3.8) is 0 Å². The highest BCUT2D eigenvalue weighted by atomic mass is 19.1. The molecule has 1 unspecified atom stereocenters. The molecule has 2 rings (SSSR count). The molecule has 4 N–H and O–H groups in total. The first kappa shape index (κ1) is 12.3. The number of halogens is 1. The zero-order valence-corrected chi connectivity index (χ0v) is 9.82. The monoisotopic (exact) mass is 238 g/mol. The van der Waals surface area contributed by atoms with Crippen LogP contribution in [0.4, 0.5) is 10.1 Å². The van der Waals surface area contributed by atoms with E-state index in [1.54, 1.807) is 0 Å². The number of piperidine rings is 1. The van der Waals surface area contributed by atoms with Gasteiger partial charge in [0.2, 0.25) is 0 Å². The van der Waals surface area contributed by atoms with E-state index >= 15 is 0 Å². The Morgan fingerprint density at radius 2 is 2.12 bits per heavy atom. The molecule has 0 amide bonds. The van der Waals surface area contributed by atoms with E-state index in [1.807, 2.05) is 0 Å². The van der Waals surface area contributed by atoms with Crippen LogP contribution in [0.25, 0.3) is 0 Å². The van der Waals surface area contributed by atoms with Crippen LogP contribution in [0.15, 0.2) is 18.2 Å². The fourth-order valence-corrected chi connectivity index (χ4v) is 2.39. The molecule has 17 heavy (non-hydrogen) atoms. The highest BCUT2D eigenvalue weighted by Gasteiger charge is 2.20. The molecule has 3 nitrogen and oxygen atoms in total. The normalized spacial score (nSPS) is 19.2. The Bertz CT molecular complexity index is 378. The van der Waals surface area contributed by atoms with Gasteiger partial charge in [-0.15, -0.1) is 0 Å². The molecule has 0 aromatic heterocycles. The van der Waals surface area contributed by atoms with Gasteiger partial charge in [0, 0.05) is 11.3 Å². The molecule has 94 valence electrons. The van der Waals surface area contributed by atoms with Crippen LogP contribution in [0.3, 0.4) is 0 Å². The zero-order valence-electron chi connectivity index (χ0n) is 9.82. The quantitative estimate of drug-likeness (QED) is 0.704. The SMILES string of the molecule is Nc1ccc(F)cc1C(O)CC1CCNCC1. The zero-order chi connectivity index (χ0) is 12.3. The third-order valence-electron chi connectivity index (χ3n) is 3.42. The van der Waals surface area contributed by atoms with Crippen molar-refractivity contribution in [3.8, 4) is 0 Å². The second-order valence-electron chi connectivity index (χ2n) is 4.72. The number of nitrogens with one attached hydrogen (secondary N) is 1. The lowest BCUT2D eigenvalue weighted by Gasteiger charge is -2.25. The lowest BCUT2D eigenvalue weighted by Crippen LogP contribution is -2.28. The summed E-state index contributed by atoms with van der Waals surface area (Å²) in [5, 5.41) is 13.4. The number of rotatable bonds is 3. The number of nitrogens with two attached hydrogens (primary N) is 1. The molecule has 0 spiro atoms. The molecule has 4 heteroatoms. The maximum absolute atomic E-state index is 13.1. The van der Waals surface area contributed by atoms with E-state index in [1.165, 1.54) is 18.2 Å². The molecule has 1 aliphatic rings. The fraction of sp³-hybridized carbons (Fsp3) is 0.538. The van der Waals surface area contributed by atoms with Crippen molar-refractivity contribution >= 4 is 5.69 Å². The number of anilines is 1. The highest BCUT2D eigenvalue weighted by Crippen LogP contribution is 2.29. The number of hydrogen-bond donors (Lipinski definition) is 3. The predicted molar refractivity (Wildman–Crippen MR) is 66.0 cm³/mol. The Kier molecular flexibility index (Phi) is 3.97. The fourth-order valence-electron chi connectivity index (χ4n) is 2.39. The molecule has 1 aliphatic heterocycles. The maximum Gasteiger partial charge on any atom is 0.123 e. The lowest BCUT2D eigenvalue weighted by molar-refractivity contribution is 0.134. The number of aliphatic hydroxyl groups is 1. The minimum absolute atomic E-state index is 0.349. The molecule has 0 aliphatic carbocycles. The van der Waals surface area contributed by atoms with Crippen LogP contribution in [0.1, 0.15) is 30.9 Å². The van der Waals surface area contributed by atoms with Gasteiger partial charge in [-0.05, 0) is 56.5 Å². The number of nitrogen functional groups attached to an aromatic ring is 1. The van der Waals surface area contributed by atoms with Crippen LogP contribution in [0.2, 0.25) is 0 Å². The average Bonchev–Trinajstić information content (AvgIpc) is 2.33. The molecule has 0 saturated carbocycles. The van der Waals surface area contributed by atoms with Crippen LogP contribution in [0, 0.1) is 11.7 Å². The third kappa shape index (κ3) is 3.17. The van der Waals surface area contributed by atoms with Gasteiger partial charge in [-0.2, -0.15) is 0 Å². The Morgan fingerprint density at radius 3 is 2.82 bits per heavy atom. The van der Waals surface area contributed by atoms with Gasteiger partial charge in [0.25, 0.3) is 0 Å². The molecule has 1 saturated heterocycles. The summed E-state index contributed by atoms with van der Waals surface area (Å²) in [6.07, 6.45) is 2.13. The summed E-state index contributed by atoms with van der Waals surface area (Å²) in [6.45, 7) is 1.99. The molecule has 1 aromatic carbocycles. The molecular weight excluding hydrogens is 219 g/mol. The van der Waals surface area contributed by atoms with Crippen LogP contribution < -0.4 is 11.1 Å². The highest BCUT2D eigenvalue weighted by molar-refractivity contribution is 5.47. The van der Waals surface area contributed by atoms with Gasteiger partial charge in [-0.1, -0.05) is 0 Å². The van der Waals surface area contributed by atoms with E-state index in [0.717, 1.165) is 25.9 Å². The summed E-state index contributed by atoms with van der Waals surface area (Å²) in [6, 6.07) is 4.16. The van der Waals surface area contributed by atoms with E-state index in [-0.39, 0.29) is 5.82 Å². The van der Waals surface area contributed by atoms with Gasteiger partial charge in [-0.3, -0.25) is 0 Å². The Balaban J connectivity index is 2.02. The Labute approximate surface area is 101 Å². The van der Waals surface area contributed by atoms with Gasteiger partial charge >= 0.3 is 0 Å². The maximum atomic E-state index is 13.1. The second-order valence-corrected chi connectivity index (χ2v) is 4.72. The van der Waals surface area contributed by atoms with E-state index in [2.05, 4.69) is 5.32 Å². The van der Waals surface area contributed by atoms with Gasteiger partial charge in [-0.25, -0.2) is 4.39 Å². The van der Waals surface area contributed by atoms with Crippen molar-refractivity contribution in [1.82, 2.24) is 5.32 Å². The van der Waals surface area contributed by atoms with Crippen LogP contribution >= 0.6 is 0 Å². The molecule has 1 atom stereocenters. The van der Waals surface area contributed by atoms with Crippen molar-refractivity contribution in [2.45, 2.75) is 25.4 Å². The van der Waals surface area contributed by atoms with Crippen molar-refractivity contribution in [3.05, 3.63) is 29.6 Å². The third-order valence-corrected chi connectivity index (χ3v) is 3.42. The Hall–Kier alpha value is -1.13. The van der Waals surface area contributed by atoms with Crippen LogP contribution in [-0.4, -0.2) is 18.2 Å². The molecule has 1 fully saturated rings. The minimum Gasteiger partial charge on any atom is -0.398 e. The molecule has 0 radical (unpaired) electrons. The molecule has 1 aromatic rings. The number of benzene rings is 1. The van der Waals surface area contributed by atoms with Crippen LogP contribution in [0.5, 0.6) is 0 Å². The van der Waals surface area contributed by atoms with E-state index in [0.29, 0.717) is 23.6 Å². The van der Waals surface area contributed by atoms with Gasteiger partial charge in [0.1, 0.15) is 5.82 Å². The predicted octanol–water partition coefficient (Wildman–Crippen LogP) is 1.83. The van der Waals surface area contributed by atoms with E-state index in [9.17, 15) is 9.50 Å². The summed E-state index contributed by atoms with van der Waals surface area (Å²) >= 11 is 0. The lowest BCUT2D eigenvalue weighted by atomic mass is 9.89. The van der Waals surface area contributed by atoms with Gasteiger partial charge in [0.15, 0.2) is 0 Å². The van der Waals surface area contributed by atoms with Gasteiger partial charge in [0.05, 0.1) is 6.10 Å². The topological polar surface area (TPSA) is 58.3 Å². The van der Waals surface area contributed by atoms with E-state index in [4.69, 9.17) is 5.73 Å². The number of aliphatic hydroxyl groups excluding tert-OH is 1. The smallest absolute Gasteiger partial charge is 0.123 e. The van der Waals surface area contributed by atoms with Crippen molar-refractivity contribution < 1.29 is 9.50 Å². The molecule has 1 heterocycles. The van der Waals surface area contributed by atoms with E-state index < -0.39 is 6.10 Å². The first-order chi connectivity index (χ1) is 8.16.